The summed E-state index contributed by atoms with van der Waals surface area (Å²) < 4.78 is 11.4. The molecule has 0 saturated heterocycles. The summed E-state index contributed by atoms with van der Waals surface area (Å²) in [6.45, 7) is 0.420. The lowest BCUT2D eigenvalue weighted by Gasteiger charge is -2.07. The van der Waals surface area contributed by atoms with Gasteiger partial charge in [-0.2, -0.15) is 0 Å². The van der Waals surface area contributed by atoms with E-state index in [0.717, 1.165) is 15.6 Å². The fourth-order valence-electron chi connectivity index (χ4n) is 1.77. The van der Waals surface area contributed by atoms with Gasteiger partial charge in [-0.05, 0) is 35.9 Å². The first kappa shape index (κ1) is 15.4. The van der Waals surface area contributed by atoms with Crippen LogP contribution in [0.15, 0.2) is 52.1 Å². The number of halogens is 1. The molecule has 4 nitrogen and oxygen atoms in total. The minimum absolute atomic E-state index is 0.420. The molecule has 0 aromatic heterocycles. The van der Waals surface area contributed by atoms with Crippen LogP contribution in [0.4, 0.5) is 0 Å². The van der Waals surface area contributed by atoms with Crippen molar-refractivity contribution in [3.05, 3.63) is 58.1 Å². The van der Waals surface area contributed by atoms with E-state index in [2.05, 4.69) is 21.1 Å². The van der Waals surface area contributed by atoms with E-state index in [1.807, 2.05) is 42.5 Å². The van der Waals surface area contributed by atoms with Gasteiger partial charge in [0.25, 0.3) is 0 Å². The van der Waals surface area contributed by atoms with Gasteiger partial charge in [0.05, 0.1) is 20.4 Å². The Kier molecular flexibility index (Phi) is 5.63. The lowest BCUT2D eigenvalue weighted by Crippen LogP contribution is -1.92. The van der Waals surface area contributed by atoms with E-state index in [1.54, 1.807) is 20.4 Å². The maximum atomic E-state index is 5.29. The minimum atomic E-state index is 0.420. The molecule has 0 N–H and O–H groups in total. The van der Waals surface area contributed by atoms with Crippen LogP contribution >= 0.6 is 15.9 Å². The molecule has 110 valence electrons. The van der Waals surface area contributed by atoms with Crippen molar-refractivity contribution < 1.29 is 14.3 Å². The fraction of sp³-hybridized carbons (Fsp3) is 0.188. The molecular weight excluding hydrogens is 334 g/mol. The molecule has 0 radical (unpaired) electrons. The molecule has 21 heavy (non-hydrogen) atoms. The number of ether oxygens (including phenoxy) is 2. The van der Waals surface area contributed by atoms with Gasteiger partial charge in [0, 0.05) is 10.0 Å². The van der Waals surface area contributed by atoms with Crippen LogP contribution in [0.1, 0.15) is 11.1 Å². The number of benzene rings is 2. The fourth-order valence-corrected chi connectivity index (χ4v) is 2.22. The summed E-state index contributed by atoms with van der Waals surface area (Å²) in [6, 6.07) is 13.5. The van der Waals surface area contributed by atoms with Crippen molar-refractivity contribution >= 4 is 22.1 Å². The zero-order valence-electron chi connectivity index (χ0n) is 11.9. The van der Waals surface area contributed by atoms with E-state index < -0.39 is 0 Å². The number of hydrogen-bond donors (Lipinski definition) is 0. The van der Waals surface area contributed by atoms with Crippen LogP contribution in [0.3, 0.4) is 0 Å². The SMILES string of the molecule is COc1ccc(/C=N\OCc2cccc(Br)c2)cc1OC. The molecule has 0 spiro atoms. The first-order valence-corrected chi connectivity index (χ1v) is 7.14. The van der Waals surface area contributed by atoms with E-state index in [4.69, 9.17) is 14.3 Å². The zero-order chi connectivity index (χ0) is 15.1. The molecule has 0 unspecified atom stereocenters. The van der Waals surface area contributed by atoms with Crippen molar-refractivity contribution in [3.8, 4) is 11.5 Å². The summed E-state index contributed by atoms with van der Waals surface area (Å²) in [5.74, 6) is 1.35. The van der Waals surface area contributed by atoms with Gasteiger partial charge in [-0.15, -0.1) is 0 Å². The van der Waals surface area contributed by atoms with Gasteiger partial charge in [-0.1, -0.05) is 33.2 Å². The van der Waals surface area contributed by atoms with Crippen LogP contribution in [0.25, 0.3) is 0 Å². The third kappa shape index (κ3) is 4.49. The molecule has 0 aliphatic heterocycles. The van der Waals surface area contributed by atoms with Crippen molar-refractivity contribution in [2.24, 2.45) is 5.16 Å². The van der Waals surface area contributed by atoms with Gasteiger partial charge in [-0.25, -0.2) is 0 Å². The Morgan fingerprint density at radius 3 is 2.57 bits per heavy atom. The molecule has 2 aromatic carbocycles. The Morgan fingerprint density at radius 1 is 1.05 bits per heavy atom. The summed E-state index contributed by atoms with van der Waals surface area (Å²) in [7, 11) is 3.20. The van der Waals surface area contributed by atoms with E-state index >= 15 is 0 Å². The number of oxime groups is 1. The predicted octanol–water partition coefficient (Wildman–Crippen LogP) is 4.02. The van der Waals surface area contributed by atoms with Gasteiger partial charge in [0.15, 0.2) is 11.5 Å². The van der Waals surface area contributed by atoms with E-state index in [9.17, 15) is 0 Å². The lowest BCUT2D eigenvalue weighted by molar-refractivity contribution is 0.132. The summed E-state index contributed by atoms with van der Waals surface area (Å²) in [5, 5.41) is 3.96. The van der Waals surface area contributed by atoms with Gasteiger partial charge < -0.3 is 14.3 Å². The molecule has 0 saturated carbocycles. The monoisotopic (exact) mass is 349 g/mol. The highest BCUT2D eigenvalue weighted by Crippen LogP contribution is 2.26. The highest BCUT2D eigenvalue weighted by molar-refractivity contribution is 9.10. The van der Waals surface area contributed by atoms with E-state index in [-0.39, 0.29) is 0 Å². The highest BCUT2D eigenvalue weighted by Gasteiger charge is 2.03. The Bertz CT molecular complexity index is 629. The van der Waals surface area contributed by atoms with Crippen LogP contribution in [0, 0.1) is 0 Å². The van der Waals surface area contributed by atoms with Gasteiger partial charge in [0.1, 0.15) is 6.61 Å². The largest absolute Gasteiger partial charge is 0.493 e. The van der Waals surface area contributed by atoms with Gasteiger partial charge in [0.2, 0.25) is 0 Å². The summed E-state index contributed by atoms with van der Waals surface area (Å²) >= 11 is 3.42. The normalized spacial score (nSPS) is 10.6. The smallest absolute Gasteiger partial charge is 0.161 e. The van der Waals surface area contributed by atoms with Crippen molar-refractivity contribution in [2.45, 2.75) is 6.61 Å². The molecule has 0 aliphatic carbocycles. The minimum Gasteiger partial charge on any atom is -0.493 e. The number of nitrogens with zero attached hydrogens (tertiary/aromatic N) is 1. The second-order valence-electron chi connectivity index (χ2n) is 4.25. The molecule has 2 aromatic rings. The second kappa shape index (κ2) is 7.69. The molecule has 0 amide bonds. The molecule has 2 rings (SSSR count). The van der Waals surface area contributed by atoms with E-state index in [0.29, 0.717) is 18.1 Å². The number of methoxy groups -OCH3 is 2. The number of hydrogen-bond acceptors (Lipinski definition) is 4. The van der Waals surface area contributed by atoms with Crippen LogP contribution < -0.4 is 9.47 Å². The Labute approximate surface area is 132 Å². The third-order valence-electron chi connectivity index (χ3n) is 2.80. The quantitative estimate of drug-likeness (QED) is 0.584. The zero-order valence-corrected chi connectivity index (χ0v) is 13.5. The van der Waals surface area contributed by atoms with Gasteiger partial charge >= 0.3 is 0 Å². The average Bonchev–Trinajstić information content (AvgIpc) is 2.51. The maximum Gasteiger partial charge on any atom is 0.161 e. The van der Waals surface area contributed by atoms with Crippen LogP contribution in [0.2, 0.25) is 0 Å². The van der Waals surface area contributed by atoms with Crippen molar-refractivity contribution in [1.29, 1.82) is 0 Å². The molecule has 0 bridgehead atoms. The third-order valence-corrected chi connectivity index (χ3v) is 3.30. The van der Waals surface area contributed by atoms with E-state index in [1.165, 1.54) is 0 Å². The van der Waals surface area contributed by atoms with Crippen molar-refractivity contribution in [3.63, 3.8) is 0 Å². The van der Waals surface area contributed by atoms with Gasteiger partial charge in [-0.3, -0.25) is 0 Å². The summed E-state index contributed by atoms with van der Waals surface area (Å²) in [5.41, 5.74) is 1.93. The Balaban J connectivity index is 1.95. The Hall–Kier alpha value is -2.01. The predicted molar refractivity (Wildman–Crippen MR) is 86.1 cm³/mol. The number of rotatable bonds is 6. The van der Waals surface area contributed by atoms with Crippen LogP contribution in [-0.4, -0.2) is 20.4 Å². The molecule has 5 heteroatoms. The molecule has 0 fully saturated rings. The standard InChI is InChI=1S/C16H16BrNO3/c1-19-15-7-6-12(9-16(15)20-2)10-18-21-11-13-4-3-5-14(17)8-13/h3-10H,11H2,1-2H3/b18-10-. The molecule has 0 atom stereocenters. The van der Waals surface area contributed by atoms with Crippen LogP contribution in [-0.2, 0) is 11.4 Å². The molecule has 0 aliphatic rings. The summed E-state index contributed by atoms with van der Waals surface area (Å²) in [4.78, 5) is 5.29. The lowest BCUT2D eigenvalue weighted by atomic mass is 10.2. The van der Waals surface area contributed by atoms with Crippen molar-refractivity contribution in [1.82, 2.24) is 0 Å². The molecular formula is C16H16BrNO3. The highest BCUT2D eigenvalue weighted by atomic mass is 79.9. The average molecular weight is 350 g/mol. The Morgan fingerprint density at radius 2 is 1.86 bits per heavy atom. The first-order chi connectivity index (χ1) is 10.2. The molecule has 0 heterocycles. The second-order valence-corrected chi connectivity index (χ2v) is 5.17. The van der Waals surface area contributed by atoms with Crippen LogP contribution in [0.5, 0.6) is 11.5 Å². The summed E-state index contributed by atoms with van der Waals surface area (Å²) in [6.07, 6.45) is 1.64. The maximum absolute atomic E-state index is 5.29. The first-order valence-electron chi connectivity index (χ1n) is 6.34. The van der Waals surface area contributed by atoms with Crippen molar-refractivity contribution in [2.75, 3.05) is 14.2 Å². The topological polar surface area (TPSA) is 40.0 Å².